The number of hydrogen-bond acceptors (Lipinski definition) is 5. The largest absolute Gasteiger partial charge is 0.490 e. The quantitative estimate of drug-likeness (QED) is 0.685. The molecule has 164 valence electrons. The monoisotopic (exact) mass is 426 g/mol. The van der Waals surface area contributed by atoms with Gasteiger partial charge in [-0.05, 0) is 31.0 Å². The Bertz CT molecular complexity index is 985. The minimum Gasteiger partial charge on any atom is -0.490 e. The third-order valence-electron chi connectivity index (χ3n) is 6.85. The van der Waals surface area contributed by atoms with E-state index in [0.717, 1.165) is 12.2 Å². The van der Waals surface area contributed by atoms with Gasteiger partial charge in [-0.2, -0.15) is 0 Å². The molecule has 0 bridgehead atoms. The average molecular weight is 426 g/mol. The van der Waals surface area contributed by atoms with Gasteiger partial charge in [-0.15, -0.1) is 0 Å². The summed E-state index contributed by atoms with van der Waals surface area (Å²) in [5.41, 5.74) is 0.329. The van der Waals surface area contributed by atoms with Gasteiger partial charge in [-0.3, -0.25) is 9.69 Å². The van der Waals surface area contributed by atoms with Crippen LogP contribution < -0.4 is 10.1 Å². The summed E-state index contributed by atoms with van der Waals surface area (Å²) in [6.07, 6.45) is 0.856. The second-order valence-corrected chi connectivity index (χ2v) is 9.05. The Hall–Kier alpha value is -2.48. The molecule has 3 N–H and O–H groups in total. The lowest BCUT2D eigenvalue weighted by atomic mass is 9.95. The van der Waals surface area contributed by atoms with Crippen molar-refractivity contribution in [1.29, 1.82) is 0 Å². The summed E-state index contributed by atoms with van der Waals surface area (Å²) in [5, 5.41) is 24.6. The van der Waals surface area contributed by atoms with Crippen LogP contribution in [0.15, 0.2) is 42.5 Å². The van der Waals surface area contributed by atoms with Crippen LogP contribution in [0.4, 0.5) is 10.1 Å². The Morgan fingerprint density at radius 3 is 2.81 bits per heavy atom. The first kappa shape index (κ1) is 20.4. The predicted molar refractivity (Wildman–Crippen MR) is 113 cm³/mol. The zero-order chi connectivity index (χ0) is 21.6. The lowest BCUT2D eigenvalue weighted by molar-refractivity contribution is -0.116. The number of carbonyl (C=O) groups is 1. The second kappa shape index (κ2) is 7.89. The molecule has 0 aromatic heterocycles. The van der Waals surface area contributed by atoms with Crippen molar-refractivity contribution in [3.05, 3.63) is 59.4 Å². The lowest BCUT2D eigenvalue weighted by Gasteiger charge is -2.26. The van der Waals surface area contributed by atoms with Crippen LogP contribution in [0.2, 0.25) is 0 Å². The molecule has 1 saturated heterocycles. The van der Waals surface area contributed by atoms with E-state index in [1.54, 1.807) is 12.1 Å². The summed E-state index contributed by atoms with van der Waals surface area (Å²) in [7, 11) is 0. The number of halogens is 1. The van der Waals surface area contributed by atoms with Crippen molar-refractivity contribution in [3.8, 4) is 5.75 Å². The normalized spacial score (nSPS) is 28.7. The molecular formula is C24H27FN2O4. The third-order valence-corrected chi connectivity index (χ3v) is 6.85. The molecular weight excluding hydrogens is 399 g/mol. The first-order valence-corrected chi connectivity index (χ1v) is 10.9. The number of carbonyl (C=O) groups excluding carboxylic acids is 1. The summed E-state index contributed by atoms with van der Waals surface area (Å²) in [5.74, 6) is 0.311. The fraction of sp³-hybridized carbons (Fsp3) is 0.458. The van der Waals surface area contributed by atoms with Crippen molar-refractivity contribution in [2.75, 3.05) is 25.0 Å². The number of aliphatic hydroxyl groups is 2. The smallest absolute Gasteiger partial charge is 0.224 e. The molecule has 2 fully saturated rings. The maximum atomic E-state index is 15.0. The minimum absolute atomic E-state index is 0.0298. The Morgan fingerprint density at radius 2 is 2.03 bits per heavy atom. The van der Waals surface area contributed by atoms with E-state index in [1.165, 1.54) is 0 Å². The van der Waals surface area contributed by atoms with Crippen molar-refractivity contribution in [2.45, 2.75) is 43.5 Å². The number of rotatable bonds is 5. The highest BCUT2D eigenvalue weighted by Gasteiger charge is 2.52. The topological polar surface area (TPSA) is 82.0 Å². The third kappa shape index (κ3) is 3.93. The Morgan fingerprint density at radius 1 is 1.23 bits per heavy atom. The fourth-order valence-electron chi connectivity index (χ4n) is 5.36. The van der Waals surface area contributed by atoms with E-state index in [4.69, 9.17) is 4.74 Å². The Kier molecular flexibility index (Phi) is 5.20. The number of nitrogens with one attached hydrogen (secondary N) is 1. The molecule has 6 nitrogen and oxygen atoms in total. The highest BCUT2D eigenvalue weighted by atomic mass is 19.1. The van der Waals surface area contributed by atoms with E-state index in [9.17, 15) is 19.4 Å². The average Bonchev–Trinajstić information content (AvgIpc) is 3.18. The van der Waals surface area contributed by atoms with Gasteiger partial charge in [-0.1, -0.05) is 24.3 Å². The standard InChI is InChI=1S/C24H27FN2O4/c25-23-18-7-9-22(29)26-20(18)8-6-19(23)21(28)13-27-12-15-10-17(11-24(15,30)14-27)31-16-4-2-1-3-5-16/h1-6,8,15,17,21,28,30H,7,9-14H2,(H,26,29)/t15-,17+,21-,24-/m1/s1. The van der Waals surface area contributed by atoms with Gasteiger partial charge in [0.25, 0.3) is 0 Å². The van der Waals surface area contributed by atoms with E-state index < -0.39 is 17.5 Å². The molecule has 5 rings (SSSR count). The Labute approximate surface area is 180 Å². The summed E-state index contributed by atoms with van der Waals surface area (Å²) >= 11 is 0. The molecule has 0 spiro atoms. The van der Waals surface area contributed by atoms with E-state index >= 15 is 0 Å². The molecule has 2 aromatic rings. The van der Waals surface area contributed by atoms with E-state index in [0.29, 0.717) is 37.2 Å². The number of ether oxygens (including phenoxy) is 1. The molecule has 2 heterocycles. The summed E-state index contributed by atoms with van der Waals surface area (Å²) in [6, 6.07) is 12.8. The summed E-state index contributed by atoms with van der Waals surface area (Å²) in [4.78, 5) is 13.5. The van der Waals surface area contributed by atoms with E-state index in [-0.39, 0.29) is 36.5 Å². The van der Waals surface area contributed by atoms with Gasteiger partial charge in [0.2, 0.25) is 5.91 Å². The first-order valence-electron chi connectivity index (χ1n) is 10.9. The number of nitrogens with zero attached hydrogens (tertiary/aromatic N) is 1. The molecule has 1 saturated carbocycles. The molecule has 0 radical (unpaired) electrons. The number of fused-ring (bicyclic) bond motifs is 2. The number of para-hydroxylation sites is 1. The SMILES string of the molecule is O=C1CCc2c(ccc([C@H](O)CN3C[C@H]4C[C@H](Oc5ccccc5)C[C@@]4(O)C3)c2F)N1. The van der Waals surface area contributed by atoms with Gasteiger partial charge < -0.3 is 20.3 Å². The number of aliphatic hydroxyl groups excluding tert-OH is 1. The van der Waals surface area contributed by atoms with Crippen LogP contribution in [0.3, 0.4) is 0 Å². The number of anilines is 1. The van der Waals surface area contributed by atoms with Crippen LogP contribution in [-0.4, -0.2) is 52.4 Å². The van der Waals surface area contributed by atoms with Crippen molar-refractivity contribution < 1.29 is 24.1 Å². The van der Waals surface area contributed by atoms with Crippen LogP contribution in [-0.2, 0) is 11.2 Å². The zero-order valence-corrected chi connectivity index (χ0v) is 17.3. The highest BCUT2D eigenvalue weighted by molar-refractivity contribution is 5.94. The van der Waals surface area contributed by atoms with Crippen molar-refractivity contribution in [1.82, 2.24) is 4.90 Å². The molecule has 4 atom stereocenters. The maximum Gasteiger partial charge on any atom is 0.224 e. The minimum atomic E-state index is -0.998. The molecule has 7 heteroatoms. The first-order chi connectivity index (χ1) is 14.9. The van der Waals surface area contributed by atoms with Crippen molar-refractivity contribution >= 4 is 11.6 Å². The summed E-state index contributed by atoms with van der Waals surface area (Å²) in [6.45, 7) is 1.34. The van der Waals surface area contributed by atoms with Gasteiger partial charge in [-0.25, -0.2) is 4.39 Å². The van der Waals surface area contributed by atoms with Crippen LogP contribution in [0.25, 0.3) is 0 Å². The number of likely N-dealkylation sites (tertiary alicyclic amines) is 1. The van der Waals surface area contributed by atoms with Crippen LogP contribution in [0, 0.1) is 11.7 Å². The van der Waals surface area contributed by atoms with Crippen LogP contribution in [0.1, 0.15) is 36.5 Å². The van der Waals surface area contributed by atoms with Gasteiger partial charge in [0.15, 0.2) is 0 Å². The lowest BCUT2D eigenvalue weighted by Crippen LogP contribution is -2.36. The van der Waals surface area contributed by atoms with Gasteiger partial charge in [0, 0.05) is 55.2 Å². The van der Waals surface area contributed by atoms with Crippen molar-refractivity contribution in [2.24, 2.45) is 5.92 Å². The van der Waals surface area contributed by atoms with E-state index in [1.807, 2.05) is 35.2 Å². The molecule has 31 heavy (non-hydrogen) atoms. The number of amides is 1. The second-order valence-electron chi connectivity index (χ2n) is 9.05. The molecule has 2 aromatic carbocycles. The van der Waals surface area contributed by atoms with Crippen LogP contribution >= 0.6 is 0 Å². The molecule has 3 aliphatic rings. The maximum absolute atomic E-state index is 15.0. The molecule has 1 amide bonds. The van der Waals surface area contributed by atoms with Crippen LogP contribution in [0.5, 0.6) is 5.75 Å². The number of benzene rings is 2. The molecule has 2 aliphatic heterocycles. The van der Waals surface area contributed by atoms with Crippen molar-refractivity contribution in [3.63, 3.8) is 0 Å². The Balaban J connectivity index is 1.22. The number of hydrogen-bond donors (Lipinski definition) is 3. The summed E-state index contributed by atoms with van der Waals surface area (Å²) < 4.78 is 21.0. The highest BCUT2D eigenvalue weighted by Crippen LogP contribution is 2.43. The zero-order valence-electron chi connectivity index (χ0n) is 17.3. The molecule has 1 aliphatic carbocycles. The van der Waals surface area contributed by atoms with Gasteiger partial charge >= 0.3 is 0 Å². The van der Waals surface area contributed by atoms with Gasteiger partial charge in [0.05, 0.1) is 11.7 Å². The predicted octanol–water partition coefficient (Wildman–Crippen LogP) is 2.65. The molecule has 0 unspecified atom stereocenters. The van der Waals surface area contributed by atoms with Gasteiger partial charge in [0.1, 0.15) is 17.7 Å². The number of β-amino-alcohol motifs (C(OH)–C–C–N with tert-alkyl or cyclic N) is 2. The fourth-order valence-corrected chi connectivity index (χ4v) is 5.36. The van der Waals surface area contributed by atoms with E-state index in [2.05, 4.69) is 5.32 Å².